The zero-order chi connectivity index (χ0) is 9.32. The fourth-order valence-corrected chi connectivity index (χ4v) is 4.41. The normalized spacial score (nSPS) is 59.8. The average Bonchev–Trinajstić information content (AvgIpc) is 1.71. The van der Waals surface area contributed by atoms with Crippen molar-refractivity contribution in [3.63, 3.8) is 0 Å². The van der Waals surface area contributed by atoms with Crippen LogP contribution in [0.25, 0.3) is 0 Å². The van der Waals surface area contributed by atoms with E-state index in [1.165, 1.54) is 0 Å². The van der Waals surface area contributed by atoms with Crippen molar-refractivity contribution in [3.05, 3.63) is 0 Å². The van der Waals surface area contributed by atoms with E-state index >= 15 is 0 Å². The van der Waals surface area contributed by atoms with Gasteiger partial charge in [0.2, 0.25) is 0 Å². The lowest BCUT2D eigenvalue weighted by atomic mass is 9.49. The van der Waals surface area contributed by atoms with Crippen LogP contribution in [0.1, 0.15) is 38.5 Å². The molecule has 0 radical (unpaired) electrons. The van der Waals surface area contributed by atoms with Gasteiger partial charge in [-0.1, -0.05) is 0 Å². The summed E-state index contributed by atoms with van der Waals surface area (Å²) in [7, 11) is 0. The maximum absolute atomic E-state index is 10.2. The van der Waals surface area contributed by atoms with E-state index in [0.29, 0.717) is 25.2 Å². The van der Waals surface area contributed by atoms with Crippen LogP contribution in [0.15, 0.2) is 0 Å². The van der Waals surface area contributed by atoms with Gasteiger partial charge in [-0.05, 0) is 38.0 Å². The van der Waals surface area contributed by atoms with Gasteiger partial charge in [-0.2, -0.15) is 0 Å². The van der Waals surface area contributed by atoms with Gasteiger partial charge in [0.05, 0.1) is 11.2 Å². The topological polar surface area (TPSA) is 66.5 Å². The molecule has 0 spiro atoms. The molecule has 4 heteroatoms. The summed E-state index contributed by atoms with van der Waals surface area (Å²) in [6.07, 6.45) is 4.65. The number of hydrogen-bond donors (Lipinski definition) is 3. The van der Waals surface area contributed by atoms with Crippen LogP contribution in [0, 0.1) is 5.92 Å². The number of aliphatic hydroxyl groups is 2. The SMILES string of the molecule is Br.NC12CC3CC(O)(C1)CC(O)(C3)C2. The molecule has 4 bridgehead atoms. The largest absolute Gasteiger partial charge is 0.390 e. The molecule has 0 saturated heterocycles. The van der Waals surface area contributed by atoms with Gasteiger partial charge in [0.25, 0.3) is 0 Å². The van der Waals surface area contributed by atoms with E-state index in [0.717, 1.165) is 19.3 Å². The van der Waals surface area contributed by atoms with E-state index in [4.69, 9.17) is 5.73 Å². The minimum atomic E-state index is -0.650. The Hall–Kier alpha value is 0.360. The maximum atomic E-state index is 10.2. The monoisotopic (exact) mass is 263 g/mol. The van der Waals surface area contributed by atoms with Gasteiger partial charge in [-0.15, -0.1) is 17.0 Å². The molecule has 4 aliphatic carbocycles. The molecule has 0 amide bonds. The third kappa shape index (κ3) is 1.43. The second kappa shape index (κ2) is 2.73. The molecule has 0 aromatic rings. The predicted octanol–water partition coefficient (Wildman–Crippen LogP) is 0.722. The van der Waals surface area contributed by atoms with Crippen LogP contribution >= 0.6 is 17.0 Å². The number of nitrogens with two attached hydrogens (primary N) is 1. The minimum absolute atomic E-state index is 0. The zero-order valence-corrected chi connectivity index (χ0v) is 9.91. The van der Waals surface area contributed by atoms with Gasteiger partial charge in [0.1, 0.15) is 0 Å². The first kappa shape index (κ1) is 10.9. The first-order chi connectivity index (χ1) is 5.91. The first-order valence-electron chi connectivity index (χ1n) is 5.14. The molecule has 14 heavy (non-hydrogen) atoms. The summed E-state index contributed by atoms with van der Waals surface area (Å²) >= 11 is 0. The molecule has 4 saturated carbocycles. The Bertz CT molecular complexity index is 220. The first-order valence-corrected chi connectivity index (χ1v) is 5.14. The minimum Gasteiger partial charge on any atom is -0.390 e. The molecule has 0 heterocycles. The summed E-state index contributed by atoms with van der Waals surface area (Å²) in [6.45, 7) is 0. The summed E-state index contributed by atoms with van der Waals surface area (Å²) < 4.78 is 0. The Morgan fingerprint density at radius 2 is 1.43 bits per heavy atom. The molecule has 82 valence electrons. The van der Waals surface area contributed by atoms with Crippen molar-refractivity contribution in [3.8, 4) is 0 Å². The van der Waals surface area contributed by atoms with Crippen LogP contribution in [0.3, 0.4) is 0 Å². The molecule has 2 atom stereocenters. The molecular formula is C10H18BrNO2. The summed E-state index contributed by atoms with van der Waals surface area (Å²) in [6, 6.07) is 0. The molecule has 0 aliphatic heterocycles. The van der Waals surface area contributed by atoms with Crippen molar-refractivity contribution < 1.29 is 10.2 Å². The van der Waals surface area contributed by atoms with Crippen LogP contribution in [0.4, 0.5) is 0 Å². The van der Waals surface area contributed by atoms with Crippen molar-refractivity contribution in [2.75, 3.05) is 0 Å². The highest BCUT2D eigenvalue weighted by Crippen LogP contribution is 2.58. The molecule has 2 unspecified atom stereocenters. The fraction of sp³-hybridized carbons (Fsp3) is 1.00. The molecule has 4 rings (SSSR count). The number of hydrogen-bond acceptors (Lipinski definition) is 3. The lowest BCUT2D eigenvalue weighted by Gasteiger charge is -2.62. The Labute approximate surface area is 94.4 Å². The van der Waals surface area contributed by atoms with E-state index in [1.807, 2.05) is 0 Å². The predicted molar refractivity (Wildman–Crippen MR) is 58.3 cm³/mol. The van der Waals surface area contributed by atoms with Crippen LogP contribution in [0.5, 0.6) is 0 Å². The summed E-state index contributed by atoms with van der Waals surface area (Å²) in [5.74, 6) is 0.455. The van der Waals surface area contributed by atoms with E-state index < -0.39 is 11.2 Å². The number of rotatable bonds is 0. The smallest absolute Gasteiger partial charge is 0.0695 e. The zero-order valence-electron chi connectivity index (χ0n) is 8.20. The van der Waals surface area contributed by atoms with E-state index in [9.17, 15) is 10.2 Å². The second-order valence-corrected chi connectivity index (χ2v) is 5.82. The van der Waals surface area contributed by atoms with Crippen molar-refractivity contribution >= 4 is 17.0 Å². The van der Waals surface area contributed by atoms with Crippen molar-refractivity contribution in [2.45, 2.75) is 55.3 Å². The lowest BCUT2D eigenvalue weighted by Crippen LogP contribution is -2.68. The van der Waals surface area contributed by atoms with Crippen molar-refractivity contribution in [2.24, 2.45) is 11.7 Å². The van der Waals surface area contributed by atoms with Crippen LogP contribution < -0.4 is 5.73 Å². The van der Waals surface area contributed by atoms with Gasteiger partial charge in [0, 0.05) is 12.0 Å². The van der Waals surface area contributed by atoms with Crippen molar-refractivity contribution in [1.29, 1.82) is 0 Å². The third-order valence-electron chi connectivity index (χ3n) is 4.05. The average molecular weight is 264 g/mol. The Balaban J connectivity index is 0.000000750. The third-order valence-corrected chi connectivity index (χ3v) is 4.05. The molecule has 4 N–H and O–H groups in total. The standard InChI is InChI=1S/C10H17NO2.BrH/c11-8-1-7-2-9(12,4-8)6-10(13,3-7)5-8;/h7,12-13H,1-6,11H2;1H. The Morgan fingerprint density at radius 1 is 0.929 bits per heavy atom. The summed E-state index contributed by atoms with van der Waals surface area (Å²) in [5.41, 5.74) is 4.60. The van der Waals surface area contributed by atoms with Gasteiger partial charge >= 0.3 is 0 Å². The van der Waals surface area contributed by atoms with E-state index in [1.54, 1.807) is 0 Å². The van der Waals surface area contributed by atoms with Gasteiger partial charge in [0.15, 0.2) is 0 Å². The Kier molecular flexibility index (Phi) is 2.12. The molecule has 0 aromatic carbocycles. The van der Waals surface area contributed by atoms with E-state index in [2.05, 4.69) is 0 Å². The maximum Gasteiger partial charge on any atom is 0.0695 e. The quantitative estimate of drug-likeness (QED) is 0.604. The summed E-state index contributed by atoms with van der Waals surface area (Å²) in [4.78, 5) is 0. The molecule has 3 nitrogen and oxygen atoms in total. The highest BCUT2D eigenvalue weighted by Gasteiger charge is 2.61. The fourth-order valence-electron chi connectivity index (χ4n) is 4.41. The lowest BCUT2D eigenvalue weighted by molar-refractivity contribution is -0.205. The van der Waals surface area contributed by atoms with Gasteiger partial charge in [-0.25, -0.2) is 0 Å². The highest BCUT2D eigenvalue weighted by atomic mass is 79.9. The molecular weight excluding hydrogens is 246 g/mol. The molecule has 4 fully saturated rings. The summed E-state index contributed by atoms with van der Waals surface area (Å²) in [5, 5.41) is 20.4. The number of halogens is 1. The van der Waals surface area contributed by atoms with Crippen LogP contribution in [-0.4, -0.2) is 27.0 Å². The van der Waals surface area contributed by atoms with Crippen molar-refractivity contribution in [1.82, 2.24) is 0 Å². The second-order valence-electron chi connectivity index (χ2n) is 5.82. The molecule has 0 aromatic heterocycles. The highest BCUT2D eigenvalue weighted by molar-refractivity contribution is 8.93. The Morgan fingerprint density at radius 3 is 1.79 bits per heavy atom. The van der Waals surface area contributed by atoms with Crippen LogP contribution in [0.2, 0.25) is 0 Å². The van der Waals surface area contributed by atoms with Gasteiger partial charge in [-0.3, -0.25) is 0 Å². The van der Waals surface area contributed by atoms with Gasteiger partial charge < -0.3 is 15.9 Å². The van der Waals surface area contributed by atoms with Crippen LogP contribution in [-0.2, 0) is 0 Å². The van der Waals surface area contributed by atoms with E-state index in [-0.39, 0.29) is 22.5 Å². The molecule has 4 aliphatic rings.